The largest absolute Gasteiger partial charge is 0.466 e. The zero-order chi connectivity index (χ0) is 13.7. The van der Waals surface area contributed by atoms with Crippen molar-refractivity contribution in [2.24, 2.45) is 0 Å². The van der Waals surface area contributed by atoms with Crippen molar-refractivity contribution in [1.29, 1.82) is 0 Å². The molecule has 2 unspecified atom stereocenters. The lowest BCUT2D eigenvalue weighted by atomic mass is 10.0. The molecule has 0 radical (unpaired) electrons. The Bertz CT molecular complexity index is 419. The Kier molecular flexibility index (Phi) is 5.59. The third kappa shape index (κ3) is 3.98. The van der Waals surface area contributed by atoms with Gasteiger partial charge in [-0.1, -0.05) is 23.7 Å². The highest BCUT2D eigenvalue weighted by Gasteiger charge is 2.23. The van der Waals surface area contributed by atoms with Crippen molar-refractivity contribution in [2.75, 3.05) is 6.61 Å². The molecule has 0 spiro atoms. The number of hydrogen-bond donors (Lipinski definition) is 2. The van der Waals surface area contributed by atoms with Crippen LogP contribution in [0, 0.1) is 6.92 Å². The summed E-state index contributed by atoms with van der Waals surface area (Å²) in [6.07, 6.45) is -2.70. The Morgan fingerprint density at radius 2 is 2.11 bits per heavy atom. The van der Waals surface area contributed by atoms with E-state index in [-0.39, 0.29) is 13.0 Å². The molecule has 4 nitrogen and oxygen atoms in total. The Hall–Kier alpha value is -1.10. The number of aliphatic hydroxyl groups excluding tert-OH is 2. The SMILES string of the molecule is CCOC(=O)CC(O)C(O)c1ccc(C)cc1Cl. The maximum absolute atomic E-state index is 11.2. The molecule has 1 aromatic rings. The van der Waals surface area contributed by atoms with Gasteiger partial charge in [0.2, 0.25) is 0 Å². The lowest BCUT2D eigenvalue weighted by Crippen LogP contribution is -2.23. The first-order valence-corrected chi connectivity index (χ1v) is 6.11. The predicted octanol–water partition coefficient (Wildman–Crippen LogP) is 2.00. The number of aryl methyl sites for hydroxylation is 1. The van der Waals surface area contributed by atoms with Crippen LogP contribution >= 0.6 is 11.6 Å². The zero-order valence-electron chi connectivity index (χ0n) is 10.4. The summed E-state index contributed by atoms with van der Waals surface area (Å²) >= 11 is 5.98. The molecule has 0 saturated heterocycles. The molecule has 0 aliphatic carbocycles. The van der Waals surface area contributed by atoms with Crippen LogP contribution in [0.3, 0.4) is 0 Å². The van der Waals surface area contributed by atoms with Gasteiger partial charge in [-0.15, -0.1) is 0 Å². The van der Waals surface area contributed by atoms with Gasteiger partial charge in [0.25, 0.3) is 0 Å². The number of ether oxygens (including phenoxy) is 1. The fraction of sp³-hybridized carbons (Fsp3) is 0.462. The minimum atomic E-state index is -1.23. The molecule has 0 amide bonds. The number of halogens is 1. The molecule has 0 heterocycles. The molecule has 100 valence electrons. The molecule has 0 bridgehead atoms. The van der Waals surface area contributed by atoms with E-state index in [1.54, 1.807) is 25.1 Å². The van der Waals surface area contributed by atoms with Crippen LogP contribution in [0.4, 0.5) is 0 Å². The molecule has 0 aliphatic heterocycles. The average Bonchev–Trinajstić information content (AvgIpc) is 2.28. The minimum Gasteiger partial charge on any atom is -0.466 e. The van der Waals surface area contributed by atoms with E-state index in [2.05, 4.69) is 0 Å². The number of aliphatic hydroxyl groups is 2. The summed E-state index contributed by atoms with van der Waals surface area (Å²) in [5, 5.41) is 20.1. The standard InChI is InChI=1S/C13H17ClO4/c1-3-18-12(16)7-11(15)13(17)9-5-4-8(2)6-10(9)14/h4-6,11,13,15,17H,3,7H2,1-2H3. The first-order chi connectivity index (χ1) is 8.45. The molecule has 0 aromatic heterocycles. The number of rotatable bonds is 5. The van der Waals surface area contributed by atoms with E-state index in [1.807, 2.05) is 6.92 Å². The summed E-state index contributed by atoms with van der Waals surface area (Å²) in [7, 11) is 0. The fourth-order valence-electron chi connectivity index (χ4n) is 1.58. The second-order valence-corrected chi connectivity index (χ2v) is 4.45. The third-order valence-electron chi connectivity index (χ3n) is 2.52. The van der Waals surface area contributed by atoms with Gasteiger partial charge in [-0.25, -0.2) is 0 Å². The Labute approximate surface area is 111 Å². The average molecular weight is 273 g/mol. The summed E-state index contributed by atoms with van der Waals surface area (Å²) in [6, 6.07) is 5.11. The van der Waals surface area contributed by atoms with Crippen molar-refractivity contribution in [3.63, 3.8) is 0 Å². The van der Waals surface area contributed by atoms with Crippen LogP contribution in [0.1, 0.15) is 30.6 Å². The number of esters is 1. The van der Waals surface area contributed by atoms with Gasteiger partial charge in [0.1, 0.15) is 6.10 Å². The van der Waals surface area contributed by atoms with Crippen LogP contribution in [-0.4, -0.2) is 28.9 Å². The molecule has 5 heteroatoms. The summed E-state index contributed by atoms with van der Waals surface area (Å²) in [4.78, 5) is 11.2. The topological polar surface area (TPSA) is 66.8 Å². The van der Waals surface area contributed by atoms with Crippen molar-refractivity contribution in [1.82, 2.24) is 0 Å². The van der Waals surface area contributed by atoms with Crippen molar-refractivity contribution >= 4 is 17.6 Å². The number of carbonyl (C=O) groups excluding carboxylic acids is 1. The molecule has 18 heavy (non-hydrogen) atoms. The monoisotopic (exact) mass is 272 g/mol. The maximum atomic E-state index is 11.2. The molecule has 2 atom stereocenters. The summed E-state index contributed by atoms with van der Waals surface area (Å²) in [5.41, 5.74) is 1.36. The molecule has 0 saturated carbocycles. The van der Waals surface area contributed by atoms with Gasteiger partial charge in [-0.05, 0) is 25.5 Å². The lowest BCUT2D eigenvalue weighted by Gasteiger charge is -2.18. The number of benzene rings is 1. The molecule has 2 N–H and O–H groups in total. The van der Waals surface area contributed by atoms with E-state index in [4.69, 9.17) is 16.3 Å². The van der Waals surface area contributed by atoms with Gasteiger partial charge in [-0.3, -0.25) is 4.79 Å². The normalized spacial score (nSPS) is 14.1. The Balaban J connectivity index is 2.73. The van der Waals surface area contributed by atoms with Gasteiger partial charge in [-0.2, -0.15) is 0 Å². The summed E-state index contributed by atoms with van der Waals surface area (Å²) < 4.78 is 4.70. The van der Waals surface area contributed by atoms with Crippen LogP contribution < -0.4 is 0 Å². The van der Waals surface area contributed by atoms with E-state index in [1.165, 1.54) is 0 Å². The zero-order valence-corrected chi connectivity index (χ0v) is 11.1. The van der Waals surface area contributed by atoms with Crippen molar-refractivity contribution < 1.29 is 19.7 Å². The van der Waals surface area contributed by atoms with Crippen molar-refractivity contribution in [2.45, 2.75) is 32.5 Å². The van der Waals surface area contributed by atoms with E-state index in [9.17, 15) is 15.0 Å². The highest BCUT2D eigenvalue weighted by atomic mass is 35.5. The van der Waals surface area contributed by atoms with Crippen LogP contribution in [0.15, 0.2) is 18.2 Å². The highest BCUT2D eigenvalue weighted by molar-refractivity contribution is 6.31. The van der Waals surface area contributed by atoms with E-state index in [0.717, 1.165) is 5.56 Å². The lowest BCUT2D eigenvalue weighted by molar-refractivity contribution is -0.147. The highest BCUT2D eigenvalue weighted by Crippen LogP contribution is 2.27. The Morgan fingerprint density at radius 1 is 1.44 bits per heavy atom. The molecular formula is C13H17ClO4. The quantitative estimate of drug-likeness (QED) is 0.805. The van der Waals surface area contributed by atoms with Gasteiger partial charge < -0.3 is 14.9 Å². The first-order valence-electron chi connectivity index (χ1n) is 5.73. The van der Waals surface area contributed by atoms with E-state index in [0.29, 0.717) is 10.6 Å². The van der Waals surface area contributed by atoms with Crippen molar-refractivity contribution in [3.8, 4) is 0 Å². The van der Waals surface area contributed by atoms with E-state index < -0.39 is 18.2 Å². The van der Waals surface area contributed by atoms with Crippen molar-refractivity contribution in [3.05, 3.63) is 34.3 Å². The van der Waals surface area contributed by atoms with Crippen LogP contribution in [0.2, 0.25) is 5.02 Å². The first kappa shape index (κ1) is 15.0. The van der Waals surface area contributed by atoms with Gasteiger partial charge in [0.05, 0.1) is 19.1 Å². The molecule has 1 rings (SSSR count). The predicted molar refractivity (Wildman–Crippen MR) is 68.4 cm³/mol. The van der Waals surface area contributed by atoms with Gasteiger partial charge in [0, 0.05) is 10.6 Å². The second-order valence-electron chi connectivity index (χ2n) is 4.05. The summed E-state index contributed by atoms with van der Waals surface area (Å²) in [5.74, 6) is -0.549. The number of carbonyl (C=O) groups is 1. The van der Waals surface area contributed by atoms with Crippen LogP contribution in [0.25, 0.3) is 0 Å². The minimum absolute atomic E-state index is 0.243. The van der Waals surface area contributed by atoms with Gasteiger partial charge >= 0.3 is 5.97 Å². The van der Waals surface area contributed by atoms with Crippen LogP contribution in [-0.2, 0) is 9.53 Å². The van der Waals surface area contributed by atoms with Crippen LogP contribution in [0.5, 0.6) is 0 Å². The third-order valence-corrected chi connectivity index (χ3v) is 2.85. The second kappa shape index (κ2) is 6.73. The maximum Gasteiger partial charge on any atom is 0.308 e. The molecule has 0 aliphatic rings. The van der Waals surface area contributed by atoms with Gasteiger partial charge in [0.15, 0.2) is 0 Å². The summed E-state index contributed by atoms with van der Waals surface area (Å²) in [6.45, 7) is 3.79. The van der Waals surface area contributed by atoms with E-state index >= 15 is 0 Å². The Morgan fingerprint density at radius 3 is 2.67 bits per heavy atom. The fourth-order valence-corrected chi connectivity index (χ4v) is 1.93. The molecule has 1 aromatic carbocycles. The molecular weight excluding hydrogens is 256 g/mol. The number of hydrogen-bond acceptors (Lipinski definition) is 4. The molecule has 0 fully saturated rings. The smallest absolute Gasteiger partial charge is 0.308 e.